The molecule has 1 aromatic rings. The van der Waals surface area contributed by atoms with Gasteiger partial charge in [0.2, 0.25) is 5.91 Å². The standard InChI is InChI=1S/C42H75NO12/c1-3-4-5-6-7-8-9-10-11-12-15-19-22-34(46)38(49)32(29-54-42-41(52)40(51)39(50)35(28-44)55-42)43-36(47)23-20-17-14-13-16-18-21-33(45)37(48)30-24-26-31(53-2)27-25-30/h24-27,32-35,37-42,44-46,48-52H,3-23,28-29H2,1-2H3,(H,43,47)/t32-,33+,34+,35?,37+,38-,39-,40-,41?,42-/m0/s1. The van der Waals surface area contributed by atoms with Crippen molar-refractivity contribution in [2.24, 2.45) is 0 Å². The van der Waals surface area contributed by atoms with Crippen LogP contribution in [0, 0.1) is 0 Å². The first-order valence-corrected chi connectivity index (χ1v) is 21.1. The van der Waals surface area contributed by atoms with Crippen LogP contribution < -0.4 is 10.1 Å². The Labute approximate surface area is 329 Å². The summed E-state index contributed by atoms with van der Waals surface area (Å²) in [5.74, 6) is 0.342. The molecule has 1 fully saturated rings. The normalized spacial score (nSPS) is 22.8. The second kappa shape index (κ2) is 29.3. The van der Waals surface area contributed by atoms with Gasteiger partial charge in [0.25, 0.3) is 0 Å². The maximum Gasteiger partial charge on any atom is 0.220 e. The number of rotatable bonds is 32. The zero-order valence-electron chi connectivity index (χ0n) is 33.6. The van der Waals surface area contributed by atoms with E-state index < -0.39 is 67.8 Å². The number of amides is 1. The molecular weight excluding hydrogens is 710 g/mol. The second-order valence-corrected chi connectivity index (χ2v) is 15.4. The third kappa shape index (κ3) is 19.4. The molecule has 13 heteroatoms. The fourth-order valence-electron chi connectivity index (χ4n) is 7.07. The molecule has 320 valence electrons. The van der Waals surface area contributed by atoms with E-state index in [4.69, 9.17) is 14.2 Å². The summed E-state index contributed by atoms with van der Waals surface area (Å²) in [6, 6.07) is 5.92. The van der Waals surface area contributed by atoms with Crippen molar-refractivity contribution in [3.8, 4) is 5.75 Å². The molecule has 10 atom stereocenters. The predicted octanol–water partition coefficient (Wildman–Crippen LogP) is 4.32. The summed E-state index contributed by atoms with van der Waals surface area (Å²) in [5.41, 5.74) is 0.635. The van der Waals surface area contributed by atoms with Gasteiger partial charge in [-0.25, -0.2) is 0 Å². The van der Waals surface area contributed by atoms with Crippen LogP contribution in [-0.2, 0) is 14.3 Å². The van der Waals surface area contributed by atoms with Crippen LogP contribution >= 0.6 is 0 Å². The van der Waals surface area contributed by atoms with Gasteiger partial charge in [-0.3, -0.25) is 4.79 Å². The maximum atomic E-state index is 13.0. The number of carbonyl (C=O) groups excluding carboxylic acids is 1. The van der Waals surface area contributed by atoms with E-state index in [0.717, 1.165) is 51.4 Å². The number of ether oxygens (including phenoxy) is 3. The van der Waals surface area contributed by atoms with E-state index in [1.807, 2.05) is 0 Å². The number of hydrogen-bond donors (Lipinski definition) is 9. The predicted molar refractivity (Wildman–Crippen MR) is 210 cm³/mol. The monoisotopic (exact) mass is 786 g/mol. The van der Waals surface area contributed by atoms with Crippen molar-refractivity contribution in [3.63, 3.8) is 0 Å². The van der Waals surface area contributed by atoms with Crippen LogP contribution in [0.15, 0.2) is 24.3 Å². The average Bonchev–Trinajstić information content (AvgIpc) is 3.19. The molecule has 1 heterocycles. The van der Waals surface area contributed by atoms with E-state index in [0.29, 0.717) is 37.0 Å². The Kier molecular flexibility index (Phi) is 26.3. The number of nitrogens with one attached hydrogen (secondary N) is 1. The first kappa shape index (κ1) is 49.2. The van der Waals surface area contributed by atoms with Gasteiger partial charge in [-0.05, 0) is 37.0 Å². The lowest BCUT2D eigenvalue weighted by Gasteiger charge is -2.40. The topological polar surface area (TPSA) is 219 Å². The first-order chi connectivity index (χ1) is 26.5. The molecule has 55 heavy (non-hydrogen) atoms. The van der Waals surface area contributed by atoms with E-state index >= 15 is 0 Å². The largest absolute Gasteiger partial charge is 0.497 e. The summed E-state index contributed by atoms with van der Waals surface area (Å²) in [7, 11) is 1.57. The lowest BCUT2D eigenvalue weighted by atomic mass is 9.98. The first-order valence-electron chi connectivity index (χ1n) is 21.1. The zero-order chi connectivity index (χ0) is 40.4. The van der Waals surface area contributed by atoms with Gasteiger partial charge in [0.1, 0.15) is 42.4 Å². The highest BCUT2D eigenvalue weighted by molar-refractivity contribution is 5.76. The van der Waals surface area contributed by atoms with Gasteiger partial charge in [0.15, 0.2) is 6.29 Å². The molecule has 2 rings (SSSR count). The number of benzene rings is 1. The second-order valence-electron chi connectivity index (χ2n) is 15.4. The molecule has 2 unspecified atom stereocenters. The van der Waals surface area contributed by atoms with Gasteiger partial charge in [-0.1, -0.05) is 128 Å². The number of aliphatic hydroxyl groups excluding tert-OH is 8. The molecule has 1 aromatic carbocycles. The minimum atomic E-state index is -1.64. The van der Waals surface area contributed by atoms with Gasteiger partial charge >= 0.3 is 0 Å². The maximum absolute atomic E-state index is 13.0. The lowest BCUT2D eigenvalue weighted by molar-refractivity contribution is -0.303. The number of methoxy groups -OCH3 is 1. The molecule has 1 aliphatic rings. The highest BCUT2D eigenvalue weighted by atomic mass is 16.7. The highest BCUT2D eigenvalue weighted by Gasteiger charge is 2.44. The summed E-state index contributed by atoms with van der Waals surface area (Å²) < 4.78 is 16.2. The Morgan fingerprint density at radius 2 is 1.22 bits per heavy atom. The van der Waals surface area contributed by atoms with Gasteiger partial charge in [-0.2, -0.15) is 0 Å². The van der Waals surface area contributed by atoms with Crippen LogP contribution in [0.25, 0.3) is 0 Å². The fraction of sp³-hybridized carbons (Fsp3) is 0.833. The summed E-state index contributed by atoms with van der Waals surface area (Å²) in [6.45, 7) is 1.24. The van der Waals surface area contributed by atoms with Gasteiger partial charge in [-0.15, -0.1) is 0 Å². The minimum Gasteiger partial charge on any atom is -0.497 e. The van der Waals surface area contributed by atoms with Crippen molar-refractivity contribution in [2.45, 2.75) is 203 Å². The van der Waals surface area contributed by atoms with E-state index in [1.54, 1.807) is 31.4 Å². The average molecular weight is 786 g/mol. The molecular formula is C42H75NO12. The smallest absolute Gasteiger partial charge is 0.220 e. The van der Waals surface area contributed by atoms with Crippen molar-refractivity contribution >= 4 is 5.91 Å². The number of hydrogen-bond acceptors (Lipinski definition) is 12. The van der Waals surface area contributed by atoms with Crippen LogP contribution in [0.4, 0.5) is 0 Å². The highest BCUT2D eigenvalue weighted by Crippen LogP contribution is 2.25. The number of unbranched alkanes of at least 4 members (excludes halogenated alkanes) is 16. The molecule has 1 amide bonds. The molecule has 0 saturated carbocycles. The summed E-state index contributed by atoms with van der Waals surface area (Å²) in [5, 5.41) is 85.8. The van der Waals surface area contributed by atoms with E-state index in [1.165, 1.54) is 51.4 Å². The molecule has 13 nitrogen and oxygen atoms in total. The Balaban J connectivity index is 1.75. The van der Waals surface area contributed by atoms with Crippen molar-refractivity contribution in [1.29, 1.82) is 0 Å². The molecule has 0 bridgehead atoms. The van der Waals surface area contributed by atoms with E-state index in [9.17, 15) is 45.6 Å². The van der Waals surface area contributed by atoms with Crippen LogP contribution in [0.1, 0.15) is 153 Å². The Morgan fingerprint density at radius 1 is 0.709 bits per heavy atom. The Morgan fingerprint density at radius 3 is 1.75 bits per heavy atom. The number of aliphatic hydroxyl groups is 8. The third-order valence-corrected chi connectivity index (χ3v) is 10.8. The molecule has 9 N–H and O–H groups in total. The van der Waals surface area contributed by atoms with Gasteiger partial charge in [0.05, 0.1) is 38.6 Å². The SMILES string of the molecule is CCCCCCCCCCCCCC[C@@H](O)[C@@H](O)[C@H](CO[C@H]1OC(CO)[C@H](O)[C@H](O)C1O)NC(=O)CCCCCCCC[C@@H](O)[C@H](O)c1ccc(OC)cc1. The lowest BCUT2D eigenvalue weighted by Crippen LogP contribution is -2.60. The summed E-state index contributed by atoms with van der Waals surface area (Å²) in [6.07, 6.45) is 8.07. The Bertz CT molecular complexity index is 1090. The van der Waals surface area contributed by atoms with Crippen LogP contribution in [0.3, 0.4) is 0 Å². The summed E-state index contributed by atoms with van der Waals surface area (Å²) in [4.78, 5) is 13.0. The van der Waals surface area contributed by atoms with Crippen molar-refractivity contribution in [3.05, 3.63) is 29.8 Å². The van der Waals surface area contributed by atoms with Gasteiger partial charge in [0, 0.05) is 6.42 Å². The molecule has 1 aliphatic heterocycles. The molecule has 0 aromatic heterocycles. The minimum absolute atomic E-state index is 0.185. The molecule has 0 spiro atoms. The van der Waals surface area contributed by atoms with Gasteiger partial charge < -0.3 is 60.4 Å². The molecule has 1 saturated heterocycles. The van der Waals surface area contributed by atoms with Crippen molar-refractivity contribution < 1.29 is 59.9 Å². The van der Waals surface area contributed by atoms with E-state index in [-0.39, 0.29) is 18.9 Å². The Hall–Kier alpha value is -1.91. The summed E-state index contributed by atoms with van der Waals surface area (Å²) >= 11 is 0. The number of carbonyl (C=O) groups is 1. The van der Waals surface area contributed by atoms with Crippen molar-refractivity contribution in [1.82, 2.24) is 5.32 Å². The van der Waals surface area contributed by atoms with Crippen LogP contribution in [-0.4, -0.2) is 122 Å². The zero-order valence-corrected chi connectivity index (χ0v) is 33.6. The fourth-order valence-corrected chi connectivity index (χ4v) is 7.07. The van der Waals surface area contributed by atoms with Crippen LogP contribution in [0.5, 0.6) is 5.75 Å². The van der Waals surface area contributed by atoms with E-state index in [2.05, 4.69) is 12.2 Å². The molecule has 0 aliphatic carbocycles. The van der Waals surface area contributed by atoms with Crippen molar-refractivity contribution in [2.75, 3.05) is 20.3 Å². The molecule has 0 radical (unpaired) electrons. The van der Waals surface area contributed by atoms with Crippen LogP contribution in [0.2, 0.25) is 0 Å². The quantitative estimate of drug-likeness (QED) is 0.0467. The third-order valence-electron chi connectivity index (χ3n) is 10.8.